The Balaban J connectivity index is 1.97. The molecule has 2 saturated heterocycles. The lowest BCUT2D eigenvalue weighted by Gasteiger charge is -2.30. The van der Waals surface area contributed by atoms with Crippen LogP contribution in [-0.2, 0) is 19.4 Å². The predicted octanol–water partition coefficient (Wildman–Crippen LogP) is -0.289. The highest BCUT2D eigenvalue weighted by atomic mass is 32.2. The van der Waals surface area contributed by atoms with Crippen LogP contribution in [0.25, 0.3) is 0 Å². The van der Waals surface area contributed by atoms with Crippen molar-refractivity contribution in [2.24, 2.45) is 5.41 Å². The van der Waals surface area contributed by atoms with Gasteiger partial charge < -0.3 is 14.4 Å². The van der Waals surface area contributed by atoms with E-state index in [2.05, 4.69) is 0 Å². The highest BCUT2D eigenvalue weighted by molar-refractivity contribution is 7.91. The summed E-state index contributed by atoms with van der Waals surface area (Å²) in [6, 6.07) is 0.0532. The van der Waals surface area contributed by atoms with Gasteiger partial charge >= 0.3 is 0 Å². The van der Waals surface area contributed by atoms with E-state index in [0.29, 0.717) is 26.2 Å². The van der Waals surface area contributed by atoms with Crippen molar-refractivity contribution in [3.8, 4) is 0 Å². The summed E-state index contributed by atoms with van der Waals surface area (Å²) in [6.45, 7) is 1.67. The van der Waals surface area contributed by atoms with Gasteiger partial charge in [0, 0.05) is 19.2 Å². The Kier molecular flexibility index (Phi) is 3.56. The molecule has 0 radical (unpaired) electrons. The molecule has 2 rings (SSSR count). The van der Waals surface area contributed by atoms with Crippen LogP contribution in [0, 0.1) is 5.41 Å². The van der Waals surface area contributed by atoms with Gasteiger partial charge in [-0.25, -0.2) is 8.42 Å². The molecule has 2 atom stereocenters. The van der Waals surface area contributed by atoms with E-state index >= 15 is 0 Å². The zero-order chi connectivity index (χ0) is 12.5. The van der Waals surface area contributed by atoms with Crippen LogP contribution in [-0.4, -0.2) is 64.0 Å². The smallest absolute Gasteiger partial charge is 0.151 e. The first-order valence-corrected chi connectivity index (χ1v) is 7.73. The summed E-state index contributed by atoms with van der Waals surface area (Å²) < 4.78 is 28.1. The minimum atomic E-state index is -2.86. The lowest BCUT2D eigenvalue weighted by molar-refractivity contribution is -0.117. The van der Waals surface area contributed by atoms with Crippen LogP contribution >= 0.6 is 0 Å². The third kappa shape index (κ3) is 2.86. The van der Waals surface area contributed by atoms with E-state index in [1.54, 1.807) is 0 Å². The third-order valence-corrected chi connectivity index (χ3v) is 5.53. The average Bonchev–Trinajstić information content (AvgIpc) is 2.86. The number of hydrogen-bond donors (Lipinski definition) is 0. The van der Waals surface area contributed by atoms with Crippen molar-refractivity contribution in [2.75, 3.05) is 38.3 Å². The first-order valence-electron chi connectivity index (χ1n) is 5.91. The fourth-order valence-corrected chi connectivity index (χ4v) is 4.43. The summed E-state index contributed by atoms with van der Waals surface area (Å²) in [5.74, 6) is 0.492. The Morgan fingerprint density at radius 1 is 1.53 bits per heavy atom. The number of sulfone groups is 1. The zero-order valence-electron chi connectivity index (χ0n) is 10.1. The molecule has 2 fully saturated rings. The second kappa shape index (κ2) is 4.66. The molecule has 0 N–H and O–H groups in total. The first kappa shape index (κ1) is 13.0. The molecule has 0 aromatic carbocycles. The van der Waals surface area contributed by atoms with E-state index in [1.165, 1.54) is 0 Å². The minimum absolute atomic E-state index is 0.0532. The van der Waals surface area contributed by atoms with Crippen LogP contribution in [0.3, 0.4) is 0 Å². The number of nitrogens with zero attached hydrogens (tertiary/aromatic N) is 1. The molecule has 0 aromatic rings. The van der Waals surface area contributed by atoms with Gasteiger partial charge in [-0.3, -0.25) is 0 Å². The van der Waals surface area contributed by atoms with Gasteiger partial charge in [0.15, 0.2) is 9.84 Å². The molecule has 2 unspecified atom stereocenters. The number of carbonyl (C=O) groups is 1. The van der Waals surface area contributed by atoms with Crippen LogP contribution < -0.4 is 0 Å². The van der Waals surface area contributed by atoms with Crippen LogP contribution in [0.15, 0.2) is 0 Å². The lowest BCUT2D eigenvalue weighted by Crippen LogP contribution is -2.43. The number of carbonyl (C=O) groups excluding carboxylic acids is 1. The molecular weight excluding hydrogens is 242 g/mol. The summed E-state index contributed by atoms with van der Waals surface area (Å²) in [5.41, 5.74) is -0.429. The molecule has 0 spiro atoms. The van der Waals surface area contributed by atoms with Gasteiger partial charge in [0.1, 0.15) is 6.29 Å². The highest BCUT2D eigenvalue weighted by Gasteiger charge is 2.39. The van der Waals surface area contributed by atoms with Gasteiger partial charge in [-0.15, -0.1) is 0 Å². The normalized spacial score (nSPS) is 36.5. The van der Waals surface area contributed by atoms with Crippen molar-refractivity contribution in [3.05, 3.63) is 0 Å². The summed E-state index contributed by atoms with van der Waals surface area (Å²) in [6.07, 6.45) is 2.38. The van der Waals surface area contributed by atoms with Gasteiger partial charge in [-0.2, -0.15) is 0 Å². The number of hydrogen-bond acceptors (Lipinski definition) is 5. The fourth-order valence-electron chi connectivity index (χ4n) is 2.63. The standard InChI is InChI=1S/C11H19NO4S/c1-12(10-2-5-17(14,15)6-10)7-11(8-13)3-4-16-9-11/h8,10H,2-7,9H2,1H3. The summed E-state index contributed by atoms with van der Waals surface area (Å²) in [5, 5.41) is 0. The lowest BCUT2D eigenvalue weighted by atomic mass is 9.88. The van der Waals surface area contributed by atoms with Crippen LogP contribution in [0.2, 0.25) is 0 Å². The number of rotatable bonds is 4. The maximum Gasteiger partial charge on any atom is 0.151 e. The molecule has 2 aliphatic rings. The third-order valence-electron chi connectivity index (χ3n) is 3.78. The SMILES string of the molecule is CN(CC1(C=O)CCOC1)C1CCS(=O)(=O)C1. The van der Waals surface area contributed by atoms with Gasteiger partial charge in [-0.05, 0) is 19.9 Å². The predicted molar refractivity (Wildman–Crippen MR) is 63.6 cm³/mol. The van der Waals surface area contributed by atoms with E-state index in [1.807, 2.05) is 11.9 Å². The molecule has 5 nitrogen and oxygen atoms in total. The van der Waals surface area contributed by atoms with E-state index in [-0.39, 0.29) is 17.5 Å². The molecule has 2 aliphatic heterocycles. The summed E-state index contributed by atoms with van der Waals surface area (Å²) in [7, 11) is -0.964. The van der Waals surface area contributed by atoms with Gasteiger partial charge in [0.25, 0.3) is 0 Å². The fraction of sp³-hybridized carbons (Fsp3) is 0.909. The quantitative estimate of drug-likeness (QED) is 0.651. The highest BCUT2D eigenvalue weighted by Crippen LogP contribution is 2.29. The van der Waals surface area contributed by atoms with Crippen molar-refractivity contribution < 1.29 is 17.9 Å². The van der Waals surface area contributed by atoms with Crippen LogP contribution in [0.5, 0.6) is 0 Å². The van der Waals surface area contributed by atoms with E-state index in [9.17, 15) is 13.2 Å². The molecule has 0 bridgehead atoms. The Morgan fingerprint density at radius 2 is 2.29 bits per heavy atom. The molecule has 98 valence electrons. The monoisotopic (exact) mass is 261 g/mol. The van der Waals surface area contributed by atoms with Crippen molar-refractivity contribution in [3.63, 3.8) is 0 Å². The number of ether oxygens (including phenoxy) is 1. The molecule has 6 heteroatoms. The molecule has 0 amide bonds. The van der Waals surface area contributed by atoms with E-state index in [4.69, 9.17) is 4.74 Å². The van der Waals surface area contributed by atoms with Gasteiger partial charge in [-0.1, -0.05) is 0 Å². The largest absolute Gasteiger partial charge is 0.380 e. The molecule has 17 heavy (non-hydrogen) atoms. The van der Waals surface area contributed by atoms with Crippen molar-refractivity contribution in [1.82, 2.24) is 4.90 Å². The second-order valence-corrected chi connectivity index (χ2v) is 7.48. The Bertz CT molecular complexity index is 386. The maximum atomic E-state index is 11.4. The molecule has 0 aliphatic carbocycles. The van der Waals surface area contributed by atoms with E-state index < -0.39 is 15.3 Å². The van der Waals surface area contributed by atoms with Crippen molar-refractivity contribution in [1.29, 1.82) is 0 Å². The Morgan fingerprint density at radius 3 is 2.76 bits per heavy atom. The molecule has 2 heterocycles. The van der Waals surface area contributed by atoms with E-state index in [0.717, 1.165) is 12.7 Å². The van der Waals surface area contributed by atoms with Crippen molar-refractivity contribution in [2.45, 2.75) is 18.9 Å². The molecular formula is C11H19NO4S. The number of aldehydes is 1. The van der Waals surface area contributed by atoms with Crippen LogP contribution in [0.1, 0.15) is 12.8 Å². The van der Waals surface area contributed by atoms with Gasteiger partial charge in [0.05, 0.1) is 23.5 Å². The average molecular weight is 261 g/mol. The second-order valence-electron chi connectivity index (χ2n) is 5.25. The maximum absolute atomic E-state index is 11.4. The van der Waals surface area contributed by atoms with Crippen molar-refractivity contribution >= 4 is 16.1 Å². The first-order chi connectivity index (χ1) is 7.96. The molecule has 0 saturated carbocycles. The summed E-state index contributed by atoms with van der Waals surface area (Å²) in [4.78, 5) is 13.2. The van der Waals surface area contributed by atoms with Gasteiger partial charge in [0.2, 0.25) is 0 Å². The minimum Gasteiger partial charge on any atom is -0.380 e. The summed E-state index contributed by atoms with van der Waals surface area (Å²) >= 11 is 0. The Hall–Kier alpha value is -0.460. The van der Waals surface area contributed by atoms with Crippen LogP contribution in [0.4, 0.5) is 0 Å². The Labute approximate surface area is 102 Å². The molecule has 0 aromatic heterocycles. The zero-order valence-corrected chi connectivity index (χ0v) is 10.9. The topological polar surface area (TPSA) is 63.7 Å².